The molecule has 26 heavy (non-hydrogen) atoms. The van der Waals surface area contributed by atoms with Crippen molar-refractivity contribution in [1.82, 2.24) is 0 Å². The molecule has 0 bridgehead atoms. The number of Topliss-reactive ketones (excluding diaryl/α,β-unsaturated/α-hetero) is 1. The number of carbonyl (C=O) groups excluding carboxylic acids is 1. The van der Waals surface area contributed by atoms with Gasteiger partial charge in [-0.3, -0.25) is 0 Å². The molecule has 0 spiro atoms. The Morgan fingerprint density at radius 2 is 1.46 bits per heavy atom. The van der Waals surface area contributed by atoms with Crippen molar-refractivity contribution in [3.63, 3.8) is 0 Å². The van der Waals surface area contributed by atoms with Crippen molar-refractivity contribution in [2.75, 3.05) is 13.2 Å². The molecule has 2 aromatic rings. The quantitative estimate of drug-likeness (QED) is 0.643. The van der Waals surface area contributed by atoms with Gasteiger partial charge in [0.15, 0.2) is 0 Å². The molecule has 0 aliphatic heterocycles. The van der Waals surface area contributed by atoms with Crippen LogP contribution in [0.2, 0.25) is 0 Å². The second-order valence-corrected chi connectivity index (χ2v) is 6.70. The Kier molecular flexibility index (Phi) is 11.1. The van der Waals surface area contributed by atoms with Gasteiger partial charge in [0.1, 0.15) is 11.5 Å². The van der Waals surface area contributed by atoms with Crippen LogP contribution in [0.4, 0.5) is 0 Å². The van der Waals surface area contributed by atoms with E-state index in [-0.39, 0.29) is 5.78 Å². The van der Waals surface area contributed by atoms with Crippen LogP contribution in [0.25, 0.3) is 0 Å². The fourth-order valence-electron chi connectivity index (χ4n) is 2.37. The molecule has 0 radical (unpaired) electrons. The largest absolute Gasteiger partial charge is 0.494 e. The van der Waals surface area contributed by atoms with Crippen LogP contribution in [0, 0.1) is 13.8 Å². The third-order valence-electron chi connectivity index (χ3n) is 4.00. The van der Waals surface area contributed by atoms with E-state index in [0.717, 1.165) is 44.6 Å². The molecule has 2 rings (SSSR count). The molecule has 0 saturated carbocycles. The van der Waals surface area contributed by atoms with E-state index in [2.05, 4.69) is 50.2 Å². The first kappa shape index (κ1) is 21.9. The Labute approximate surface area is 158 Å². The molecule has 142 valence electrons. The molecule has 0 unspecified atom stereocenters. The average Bonchev–Trinajstić information content (AvgIpc) is 2.62. The molecule has 0 atom stereocenters. The fraction of sp³-hybridized carbons (Fsp3) is 0.435. The van der Waals surface area contributed by atoms with Crippen molar-refractivity contribution < 1.29 is 9.53 Å². The van der Waals surface area contributed by atoms with Crippen molar-refractivity contribution in [2.24, 2.45) is 5.73 Å². The minimum Gasteiger partial charge on any atom is -0.494 e. The number of ketones is 1. The third-order valence-corrected chi connectivity index (χ3v) is 4.00. The van der Waals surface area contributed by atoms with Gasteiger partial charge in [-0.25, -0.2) is 0 Å². The summed E-state index contributed by atoms with van der Waals surface area (Å²) in [6.07, 6.45) is 4.75. The maximum Gasteiger partial charge on any atom is 0.129 e. The smallest absolute Gasteiger partial charge is 0.129 e. The lowest BCUT2D eigenvalue weighted by molar-refractivity contribution is -0.117. The number of ether oxygens (including phenoxy) is 1. The highest BCUT2D eigenvalue weighted by atomic mass is 16.5. The lowest BCUT2D eigenvalue weighted by Crippen LogP contribution is -2.03. The minimum atomic E-state index is 0.284. The van der Waals surface area contributed by atoms with E-state index in [0.29, 0.717) is 6.42 Å². The number of unbranched alkanes of at least 4 members (excludes halogenated alkanes) is 1. The Morgan fingerprint density at radius 1 is 0.885 bits per heavy atom. The summed E-state index contributed by atoms with van der Waals surface area (Å²) in [4.78, 5) is 10.7. The maximum absolute atomic E-state index is 10.7. The maximum atomic E-state index is 10.7. The second-order valence-electron chi connectivity index (χ2n) is 6.70. The summed E-state index contributed by atoms with van der Waals surface area (Å²) in [6.45, 7) is 7.31. The van der Waals surface area contributed by atoms with Gasteiger partial charge in [-0.05, 0) is 70.7 Å². The first-order valence-electron chi connectivity index (χ1n) is 9.46. The number of benzene rings is 2. The predicted octanol–water partition coefficient (Wildman–Crippen LogP) is 5.02. The van der Waals surface area contributed by atoms with Crippen molar-refractivity contribution >= 4 is 5.78 Å². The predicted molar refractivity (Wildman–Crippen MR) is 110 cm³/mol. The van der Waals surface area contributed by atoms with E-state index in [1.165, 1.54) is 16.7 Å². The Balaban J connectivity index is 0.000000260. The SMILES string of the molecule is CC(=O)CCCc1ccc(C)cc1.Cc1ccc(OCCCCN)cc1. The zero-order valence-electron chi connectivity index (χ0n) is 16.5. The molecular formula is C23H33NO2. The summed E-state index contributed by atoms with van der Waals surface area (Å²) >= 11 is 0. The van der Waals surface area contributed by atoms with Crippen LogP contribution in [0.5, 0.6) is 5.75 Å². The van der Waals surface area contributed by atoms with Gasteiger partial charge >= 0.3 is 0 Å². The first-order valence-corrected chi connectivity index (χ1v) is 9.46. The van der Waals surface area contributed by atoms with Crippen LogP contribution in [0.15, 0.2) is 48.5 Å². The number of hydrogen-bond acceptors (Lipinski definition) is 3. The summed E-state index contributed by atoms with van der Waals surface area (Å²) in [5.41, 5.74) is 9.24. The highest BCUT2D eigenvalue weighted by molar-refractivity contribution is 5.75. The molecule has 3 heteroatoms. The molecule has 3 nitrogen and oxygen atoms in total. The Bertz CT molecular complexity index is 618. The lowest BCUT2D eigenvalue weighted by Gasteiger charge is -2.05. The van der Waals surface area contributed by atoms with Gasteiger partial charge in [0.05, 0.1) is 6.61 Å². The Morgan fingerprint density at radius 3 is 2.00 bits per heavy atom. The number of carbonyl (C=O) groups is 1. The average molecular weight is 356 g/mol. The zero-order chi connectivity index (χ0) is 19.2. The normalized spacial score (nSPS) is 10.0. The van der Waals surface area contributed by atoms with E-state index in [1.807, 2.05) is 12.1 Å². The van der Waals surface area contributed by atoms with E-state index < -0.39 is 0 Å². The van der Waals surface area contributed by atoms with Gasteiger partial charge in [-0.15, -0.1) is 0 Å². The molecule has 0 fully saturated rings. The van der Waals surface area contributed by atoms with Crippen molar-refractivity contribution in [3.05, 3.63) is 65.2 Å². The van der Waals surface area contributed by atoms with Crippen molar-refractivity contribution in [2.45, 2.75) is 52.9 Å². The first-order chi connectivity index (χ1) is 12.5. The van der Waals surface area contributed by atoms with Gasteiger partial charge in [0.2, 0.25) is 0 Å². The standard InChI is InChI=1S/C12H16O.C11H17NO/c1-10-6-8-12(9-7-10)5-3-4-11(2)13;1-10-4-6-11(7-5-10)13-9-3-2-8-12/h6-9H,3-5H2,1-2H3;4-7H,2-3,8-9,12H2,1H3. The molecule has 0 aliphatic rings. The molecule has 0 heterocycles. The van der Waals surface area contributed by atoms with Gasteiger partial charge < -0.3 is 15.3 Å². The number of rotatable bonds is 9. The number of nitrogens with two attached hydrogens (primary N) is 1. The van der Waals surface area contributed by atoms with E-state index >= 15 is 0 Å². The lowest BCUT2D eigenvalue weighted by atomic mass is 10.1. The summed E-state index contributed by atoms with van der Waals surface area (Å²) in [7, 11) is 0. The third kappa shape index (κ3) is 10.7. The highest BCUT2D eigenvalue weighted by Gasteiger charge is 1.95. The van der Waals surface area contributed by atoms with E-state index in [9.17, 15) is 4.79 Å². The van der Waals surface area contributed by atoms with Gasteiger partial charge in [0, 0.05) is 6.42 Å². The molecular weight excluding hydrogens is 322 g/mol. The summed E-state index contributed by atoms with van der Waals surface area (Å²) < 4.78 is 5.51. The molecule has 2 aromatic carbocycles. The molecule has 2 N–H and O–H groups in total. The highest BCUT2D eigenvalue weighted by Crippen LogP contribution is 2.11. The van der Waals surface area contributed by atoms with Crippen molar-refractivity contribution in [3.8, 4) is 5.75 Å². The molecule has 0 amide bonds. The molecule has 0 aromatic heterocycles. The van der Waals surface area contributed by atoms with Crippen LogP contribution in [-0.2, 0) is 11.2 Å². The van der Waals surface area contributed by atoms with Gasteiger partial charge in [-0.1, -0.05) is 47.5 Å². The van der Waals surface area contributed by atoms with Crippen LogP contribution in [0.1, 0.15) is 49.3 Å². The topological polar surface area (TPSA) is 52.3 Å². The summed E-state index contributed by atoms with van der Waals surface area (Å²) in [6, 6.07) is 16.6. The van der Waals surface area contributed by atoms with Crippen LogP contribution < -0.4 is 10.5 Å². The number of hydrogen-bond donors (Lipinski definition) is 1. The van der Waals surface area contributed by atoms with Crippen LogP contribution in [-0.4, -0.2) is 18.9 Å². The molecule has 0 aliphatic carbocycles. The van der Waals surface area contributed by atoms with Crippen LogP contribution in [0.3, 0.4) is 0 Å². The minimum absolute atomic E-state index is 0.284. The number of aryl methyl sites for hydroxylation is 3. The monoisotopic (exact) mass is 355 g/mol. The summed E-state index contributed by atoms with van der Waals surface area (Å²) in [5, 5.41) is 0. The van der Waals surface area contributed by atoms with Crippen molar-refractivity contribution in [1.29, 1.82) is 0 Å². The Hall–Kier alpha value is -2.13. The van der Waals surface area contributed by atoms with Gasteiger partial charge in [-0.2, -0.15) is 0 Å². The second kappa shape index (κ2) is 13.1. The molecule has 0 saturated heterocycles. The van der Waals surface area contributed by atoms with E-state index in [1.54, 1.807) is 6.92 Å². The van der Waals surface area contributed by atoms with E-state index in [4.69, 9.17) is 10.5 Å². The van der Waals surface area contributed by atoms with Crippen LogP contribution >= 0.6 is 0 Å². The zero-order valence-corrected chi connectivity index (χ0v) is 16.5. The fourth-order valence-corrected chi connectivity index (χ4v) is 2.37. The van der Waals surface area contributed by atoms with Gasteiger partial charge in [0.25, 0.3) is 0 Å². The summed E-state index contributed by atoms with van der Waals surface area (Å²) in [5.74, 6) is 1.23.